The molecule has 4 aromatic rings. The van der Waals surface area contributed by atoms with Gasteiger partial charge in [-0.1, -0.05) is 29.8 Å². The molecule has 7 nitrogen and oxygen atoms in total. The van der Waals surface area contributed by atoms with Crippen LogP contribution >= 0.6 is 11.6 Å². The lowest BCUT2D eigenvalue weighted by Crippen LogP contribution is -2.35. The number of anilines is 1. The summed E-state index contributed by atoms with van der Waals surface area (Å²) in [5.74, 6) is -0.409. The van der Waals surface area contributed by atoms with Crippen molar-refractivity contribution >= 4 is 23.1 Å². The molecule has 166 valence electrons. The molecule has 0 fully saturated rings. The lowest BCUT2D eigenvalue weighted by Gasteiger charge is -2.16. The average Bonchev–Trinajstić information content (AvgIpc) is 3.23. The molecule has 12 heteroatoms. The fourth-order valence-electron chi connectivity index (χ4n) is 2.97. The zero-order chi connectivity index (χ0) is 22.9. The second-order valence-corrected chi connectivity index (χ2v) is 7.23. The van der Waals surface area contributed by atoms with Gasteiger partial charge in [-0.2, -0.15) is 13.2 Å². The number of fused-ring (bicyclic) bond motifs is 1. The van der Waals surface area contributed by atoms with Crippen molar-refractivity contribution in [2.24, 2.45) is 0 Å². The van der Waals surface area contributed by atoms with E-state index in [0.29, 0.717) is 16.9 Å². The highest BCUT2D eigenvalue weighted by Crippen LogP contribution is 2.25. The summed E-state index contributed by atoms with van der Waals surface area (Å²) in [6, 6.07) is 6.27. The maximum absolute atomic E-state index is 14.2. The molecule has 1 unspecified atom stereocenters. The van der Waals surface area contributed by atoms with Crippen molar-refractivity contribution < 1.29 is 22.7 Å². The molecule has 3 aromatic heterocycles. The first-order valence-electron chi connectivity index (χ1n) is 9.30. The van der Waals surface area contributed by atoms with E-state index in [1.807, 2.05) is 0 Å². The zero-order valence-corrected chi connectivity index (χ0v) is 16.9. The van der Waals surface area contributed by atoms with E-state index < -0.39 is 18.8 Å². The number of benzene rings is 1. The molecular formula is C20H15ClF4N6O. The van der Waals surface area contributed by atoms with E-state index in [-0.39, 0.29) is 34.6 Å². The molecule has 32 heavy (non-hydrogen) atoms. The van der Waals surface area contributed by atoms with Crippen molar-refractivity contribution in [1.29, 1.82) is 0 Å². The van der Waals surface area contributed by atoms with Gasteiger partial charge in [0.2, 0.25) is 0 Å². The number of hydrogen-bond donors (Lipinski definition) is 2. The Bertz CT molecular complexity index is 1260. The minimum atomic E-state index is -4.79. The summed E-state index contributed by atoms with van der Waals surface area (Å²) in [7, 11) is 0. The molecule has 0 aliphatic heterocycles. The van der Waals surface area contributed by atoms with Gasteiger partial charge < -0.3 is 14.8 Å². The number of hydrogen-bond acceptors (Lipinski definition) is 6. The van der Waals surface area contributed by atoms with Gasteiger partial charge >= 0.3 is 6.18 Å². The lowest BCUT2D eigenvalue weighted by molar-refractivity contribution is -0.198. The molecule has 0 bridgehead atoms. The van der Waals surface area contributed by atoms with Crippen molar-refractivity contribution in [1.82, 2.24) is 24.3 Å². The first-order chi connectivity index (χ1) is 15.2. The average molecular weight is 467 g/mol. The molecule has 0 aliphatic carbocycles. The van der Waals surface area contributed by atoms with Gasteiger partial charge in [-0.25, -0.2) is 24.3 Å². The van der Waals surface area contributed by atoms with Crippen LogP contribution in [0.5, 0.6) is 0 Å². The summed E-state index contributed by atoms with van der Waals surface area (Å²) in [5.41, 5.74) is 1.66. The van der Waals surface area contributed by atoms with E-state index in [2.05, 4.69) is 25.3 Å². The Balaban J connectivity index is 1.68. The number of nitrogens with one attached hydrogen (secondary N) is 1. The van der Waals surface area contributed by atoms with E-state index in [9.17, 15) is 22.7 Å². The van der Waals surface area contributed by atoms with Gasteiger partial charge in [0.1, 0.15) is 22.4 Å². The number of aromatic nitrogens is 5. The van der Waals surface area contributed by atoms with Crippen molar-refractivity contribution in [3.63, 3.8) is 0 Å². The first kappa shape index (κ1) is 21.9. The molecule has 2 N–H and O–H groups in total. The van der Waals surface area contributed by atoms with Gasteiger partial charge in [0.25, 0.3) is 0 Å². The molecule has 3 heterocycles. The molecule has 0 amide bonds. The summed E-state index contributed by atoms with van der Waals surface area (Å²) in [6.45, 7) is -0.841. The molecule has 0 saturated carbocycles. The number of alkyl halides is 3. The van der Waals surface area contributed by atoms with Crippen LogP contribution in [0.3, 0.4) is 0 Å². The highest BCUT2D eigenvalue weighted by Gasteiger charge is 2.38. The third-order valence-corrected chi connectivity index (χ3v) is 4.85. The normalized spacial score (nSPS) is 12.8. The van der Waals surface area contributed by atoms with Crippen LogP contribution in [0.15, 0.2) is 49.1 Å². The van der Waals surface area contributed by atoms with Crippen LogP contribution in [0.1, 0.15) is 11.3 Å². The Hall–Kier alpha value is -3.31. The number of aliphatic hydroxyl groups is 1. The predicted octanol–water partition coefficient (Wildman–Crippen LogP) is 3.90. The van der Waals surface area contributed by atoms with E-state index in [1.165, 1.54) is 12.3 Å². The smallest absolute Gasteiger partial charge is 0.382 e. The number of aliphatic hydroxyl groups excluding tert-OH is 1. The number of halogens is 5. The maximum Gasteiger partial charge on any atom is 0.416 e. The zero-order valence-electron chi connectivity index (χ0n) is 16.2. The summed E-state index contributed by atoms with van der Waals surface area (Å²) < 4.78 is 53.5. The molecule has 0 spiro atoms. The summed E-state index contributed by atoms with van der Waals surface area (Å²) in [6.07, 6.45) is -1.21. The molecule has 1 atom stereocenters. The first-order valence-corrected chi connectivity index (χ1v) is 9.67. The summed E-state index contributed by atoms with van der Waals surface area (Å²) in [4.78, 5) is 17.0. The minimum Gasteiger partial charge on any atom is -0.382 e. The Labute approximate surface area is 183 Å². The van der Waals surface area contributed by atoms with Gasteiger partial charge in [-0.3, -0.25) is 0 Å². The van der Waals surface area contributed by atoms with Crippen LogP contribution < -0.4 is 5.32 Å². The highest BCUT2D eigenvalue weighted by atomic mass is 35.5. The van der Waals surface area contributed by atoms with Gasteiger partial charge in [0, 0.05) is 25.0 Å². The van der Waals surface area contributed by atoms with Crippen molar-refractivity contribution in [2.45, 2.75) is 18.7 Å². The number of nitrogens with zero attached hydrogens (tertiary/aromatic N) is 5. The van der Waals surface area contributed by atoms with Crippen molar-refractivity contribution in [3.05, 3.63) is 71.2 Å². The topological polar surface area (TPSA) is 88.2 Å². The molecule has 0 saturated heterocycles. The van der Waals surface area contributed by atoms with E-state index in [0.717, 1.165) is 0 Å². The van der Waals surface area contributed by atoms with Crippen LogP contribution in [0, 0.1) is 5.82 Å². The Morgan fingerprint density at radius 1 is 1.16 bits per heavy atom. The Morgan fingerprint density at radius 3 is 2.69 bits per heavy atom. The predicted molar refractivity (Wildman–Crippen MR) is 109 cm³/mol. The Kier molecular flexibility index (Phi) is 5.94. The van der Waals surface area contributed by atoms with Crippen LogP contribution in [0.25, 0.3) is 17.2 Å². The monoisotopic (exact) mass is 466 g/mol. The van der Waals surface area contributed by atoms with E-state index in [4.69, 9.17) is 11.6 Å². The third kappa shape index (κ3) is 4.63. The van der Waals surface area contributed by atoms with E-state index >= 15 is 0 Å². The largest absolute Gasteiger partial charge is 0.416 e. The number of rotatable bonds is 6. The van der Waals surface area contributed by atoms with Crippen LogP contribution in [0.4, 0.5) is 23.4 Å². The van der Waals surface area contributed by atoms with Crippen LogP contribution in [-0.4, -0.2) is 48.3 Å². The van der Waals surface area contributed by atoms with Gasteiger partial charge in [-0.15, -0.1) is 0 Å². The van der Waals surface area contributed by atoms with Gasteiger partial charge in [-0.05, 0) is 11.6 Å². The Morgan fingerprint density at radius 2 is 1.94 bits per heavy atom. The molecule has 0 aliphatic rings. The highest BCUT2D eigenvalue weighted by molar-refractivity contribution is 6.32. The molecule has 1 aromatic carbocycles. The van der Waals surface area contributed by atoms with Crippen LogP contribution in [0.2, 0.25) is 5.02 Å². The summed E-state index contributed by atoms with van der Waals surface area (Å²) in [5, 5.41) is 11.5. The standard InChI is InChI=1S/C20H15ClF4N6O/c21-12-8-27-18(30-17(12)28-9-16(32)20(23,24)25)15-10-31-6-5-26-19(31)14(29-15)7-11-3-1-2-4-13(11)22/h1-6,8,10,16,32H,7,9H2,(H,27,28,30). The van der Waals surface area contributed by atoms with Crippen LogP contribution in [-0.2, 0) is 6.42 Å². The maximum atomic E-state index is 14.2. The van der Waals surface area contributed by atoms with Gasteiger partial charge in [0.05, 0.1) is 18.4 Å². The molecular weight excluding hydrogens is 452 g/mol. The SMILES string of the molecule is OC(CNc1nc(-c2cn3ccnc3c(Cc3ccccc3F)n2)ncc1Cl)C(F)(F)F. The van der Waals surface area contributed by atoms with E-state index in [1.54, 1.807) is 41.2 Å². The fraction of sp³-hybridized carbons (Fsp3) is 0.200. The van der Waals surface area contributed by atoms with Gasteiger partial charge in [0.15, 0.2) is 17.6 Å². The lowest BCUT2D eigenvalue weighted by atomic mass is 10.1. The number of imidazole rings is 1. The summed E-state index contributed by atoms with van der Waals surface area (Å²) >= 11 is 5.99. The second kappa shape index (κ2) is 8.67. The quantitative estimate of drug-likeness (QED) is 0.419. The minimum absolute atomic E-state index is 0.0292. The third-order valence-electron chi connectivity index (χ3n) is 4.57. The van der Waals surface area contributed by atoms with Crippen molar-refractivity contribution in [2.75, 3.05) is 11.9 Å². The molecule has 0 radical (unpaired) electrons. The molecule has 4 rings (SSSR count). The van der Waals surface area contributed by atoms with Crippen molar-refractivity contribution in [3.8, 4) is 11.5 Å². The second-order valence-electron chi connectivity index (χ2n) is 6.83. The fourth-order valence-corrected chi connectivity index (χ4v) is 3.13.